The highest BCUT2D eigenvalue weighted by atomic mass is 16.3. The van der Waals surface area contributed by atoms with Crippen LogP contribution in [-0.4, -0.2) is 21.6 Å². The van der Waals surface area contributed by atoms with Crippen molar-refractivity contribution in [1.82, 2.24) is 10.3 Å². The lowest BCUT2D eigenvalue weighted by Crippen LogP contribution is -2.30. The molecule has 1 aromatic carbocycles. The van der Waals surface area contributed by atoms with Gasteiger partial charge in [-0.3, -0.25) is 9.78 Å². The van der Waals surface area contributed by atoms with E-state index < -0.39 is 5.60 Å². The third-order valence-corrected chi connectivity index (χ3v) is 4.85. The number of aliphatic hydroxyl groups is 1. The Morgan fingerprint density at radius 2 is 1.92 bits per heavy atom. The molecule has 4 nitrogen and oxygen atoms in total. The van der Waals surface area contributed by atoms with Gasteiger partial charge in [0.2, 0.25) is 0 Å². The van der Waals surface area contributed by atoms with Crippen LogP contribution in [0.3, 0.4) is 0 Å². The van der Waals surface area contributed by atoms with E-state index in [1.807, 2.05) is 63.2 Å². The Labute approximate surface area is 155 Å². The summed E-state index contributed by atoms with van der Waals surface area (Å²) in [6.07, 6.45) is 3.76. The van der Waals surface area contributed by atoms with Crippen molar-refractivity contribution in [3.05, 3.63) is 65.0 Å². The molecule has 1 amide bonds. The molecule has 1 atom stereocenters. The van der Waals surface area contributed by atoms with Crippen LogP contribution in [0.15, 0.2) is 42.5 Å². The van der Waals surface area contributed by atoms with Crippen molar-refractivity contribution >= 4 is 5.91 Å². The molecule has 2 N–H and O–H groups in total. The van der Waals surface area contributed by atoms with Crippen LogP contribution in [0.2, 0.25) is 0 Å². The number of amides is 1. The SMILES string of the molecule is Cc1cccc([C@H](NC(=O)c2ccc(CCC(C)(C)O)cc2)C2CC2)n1. The first-order valence-corrected chi connectivity index (χ1v) is 9.37. The van der Waals surface area contributed by atoms with E-state index in [1.54, 1.807) is 0 Å². The van der Waals surface area contributed by atoms with Crippen molar-refractivity contribution in [2.75, 3.05) is 0 Å². The number of hydrogen-bond acceptors (Lipinski definition) is 3. The number of rotatable bonds is 7. The number of benzene rings is 1. The number of aryl methyl sites for hydroxylation is 2. The Bertz CT molecular complexity index is 758. The minimum absolute atomic E-state index is 0.0164. The molecule has 0 radical (unpaired) electrons. The van der Waals surface area contributed by atoms with E-state index in [4.69, 9.17) is 0 Å². The Balaban J connectivity index is 1.66. The fourth-order valence-corrected chi connectivity index (χ4v) is 3.10. The molecule has 2 aromatic rings. The minimum Gasteiger partial charge on any atom is -0.390 e. The maximum absolute atomic E-state index is 12.7. The molecule has 0 saturated heterocycles. The number of hydrogen-bond donors (Lipinski definition) is 2. The van der Waals surface area contributed by atoms with E-state index in [-0.39, 0.29) is 11.9 Å². The Morgan fingerprint density at radius 3 is 2.50 bits per heavy atom. The topological polar surface area (TPSA) is 62.2 Å². The number of carbonyl (C=O) groups is 1. The van der Waals surface area contributed by atoms with Crippen LogP contribution >= 0.6 is 0 Å². The molecule has 3 rings (SSSR count). The van der Waals surface area contributed by atoms with Gasteiger partial charge in [-0.25, -0.2) is 0 Å². The van der Waals surface area contributed by atoms with E-state index >= 15 is 0 Å². The summed E-state index contributed by atoms with van der Waals surface area (Å²) in [6.45, 7) is 5.60. The maximum Gasteiger partial charge on any atom is 0.251 e. The predicted octanol–water partition coefficient (Wildman–Crippen LogP) is 3.97. The van der Waals surface area contributed by atoms with Gasteiger partial charge >= 0.3 is 0 Å². The van der Waals surface area contributed by atoms with E-state index in [0.717, 1.165) is 36.2 Å². The third kappa shape index (κ3) is 5.15. The van der Waals surface area contributed by atoms with Crippen molar-refractivity contribution in [2.24, 2.45) is 5.92 Å². The van der Waals surface area contributed by atoms with Crippen LogP contribution < -0.4 is 5.32 Å². The van der Waals surface area contributed by atoms with E-state index in [9.17, 15) is 9.90 Å². The zero-order valence-corrected chi connectivity index (χ0v) is 15.8. The standard InChI is InChI=1S/C22H28N2O2/c1-15-5-4-6-19(23-15)20(17-11-12-17)24-21(25)18-9-7-16(8-10-18)13-14-22(2,3)26/h4-10,17,20,26H,11-14H2,1-3H3,(H,24,25)/t20-/m1/s1. The first-order chi connectivity index (χ1) is 12.3. The van der Waals surface area contributed by atoms with Gasteiger partial charge in [0.05, 0.1) is 17.3 Å². The first kappa shape index (κ1) is 18.6. The summed E-state index contributed by atoms with van der Waals surface area (Å²) in [5, 5.41) is 13.0. The molecular weight excluding hydrogens is 324 g/mol. The zero-order chi connectivity index (χ0) is 18.7. The molecular formula is C22H28N2O2. The second kappa shape index (κ2) is 7.58. The van der Waals surface area contributed by atoms with Gasteiger partial charge in [-0.15, -0.1) is 0 Å². The summed E-state index contributed by atoms with van der Waals surface area (Å²) < 4.78 is 0. The van der Waals surface area contributed by atoms with Crippen molar-refractivity contribution in [2.45, 2.75) is 58.1 Å². The lowest BCUT2D eigenvalue weighted by atomic mass is 9.98. The van der Waals surface area contributed by atoms with Crippen molar-refractivity contribution in [3.63, 3.8) is 0 Å². The van der Waals surface area contributed by atoms with E-state index in [0.29, 0.717) is 17.9 Å². The van der Waals surface area contributed by atoms with Gasteiger partial charge in [-0.05, 0) is 82.2 Å². The molecule has 0 spiro atoms. The van der Waals surface area contributed by atoms with Crippen LogP contribution in [0.1, 0.15) is 66.5 Å². The molecule has 0 bridgehead atoms. The largest absolute Gasteiger partial charge is 0.390 e. The van der Waals surface area contributed by atoms with Crippen molar-refractivity contribution in [1.29, 1.82) is 0 Å². The average Bonchev–Trinajstić information content (AvgIpc) is 3.42. The number of nitrogens with one attached hydrogen (secondary N) is 1. The monoisotopic (exact) mass is 352 g/mol. The summed E-state index contributed by atoms with van der Waals surface area (Å²) in [6, 6.07) is 13.6. The smallest absolute Gasteiger partial charge is 0.251 e. The highest BCUT2D eigenvalue weighted by molar-refractivity contribution is 5.94. The molecule has 0 unspecified atom stereocenters. The molecule has 1 aromatic heterocycles. The van der Waals surface area contributed by atoms with Crippen LogP contribution in [0, 0.1) is 12.8 Å². The summed E-state index contributed by atoms with van der Waals surface area (Å²) in [4.78, 5) is 17.3. The van der Waals surface area contributed by atoms with Gasteiger partial charge in [0.1, 0.15) is 0 Å². The Morgan fingerprint density at radius 1 is 1.23 bits per heavy atom. The molecule has 138 valence electrons. The summed E-state index contributed by atoms with van der Waals surface area (Å²) in [5.41, 5.74) is 3.04. The normalized spacial score (nSPS) is 15.5. The third-order valence-electron chi connectivity index (χ3n) is 4.85. The highest BCUT2D eigenvalue weighted by Gasteiger charge is 2.34. The highest BCUT2D eigenvalue weighted by Crippen LogP contribution is 2.40. The maximum atomic E-state index is 12.7. The number of carbonyl (C=O) groups excluding carboxylic acids is 1. The van der Waals surface area contributed by atoms with Crippen molar-refractivity contribution in [3.8, 4) is 0 Å². The molecule has 1 aliphatic rings. The Kier molecular flexibility index (Phi) is 5.42. The fourth-order valence-electron chi connectivity index (χ4n) is 3.10. The molecule has 1 fully saturated rings. The van der Waals surface area contributed by atoms with Crippen molar-refractivity contribution < 1.29 is 9.90 Å². The quantitative estimate of drug-likeness (QED) is 0.792. The summed E-state index contributed by atoms with van der Waals surface area (Å²) in [7, 11) is 0. The van der Waals surface area contributed by atoms with E-state index in [2.05, 4.69) is 10.3 Å². The summed E-state index contributed by atoms with van der Waals surface area (Å²) >= 11 is 0. The van der Waals surface area contributed by atoms with Crippen LogP contribution in [0.4, 0.5) is 0 Å². The molecule has 1 heterocycles. The second-order valence-electron chi connectivity index (χ2n) is 8.00. The molecule has 4 heteroatoms. The number of aromatic nitrogens is 1. The number of nitrogens with zero attached hydrogens (tertiary/aromatic N) is 1. The fraction of sp³-hybridized carbons (Fsp3) is 0.455. The number of pyridine rings is 1. The van der Waals surface area contributed by atoms with Crippen LogP contribution in [0.5, 0.6) is 0 Å². The predicted molar refractivity (Wildman–Crippen MR) is 103 cm³/mol. The molecule has 1 aliphatic carbocycles. The summed E-state index contributed by atoms with van der Waals surface area (Å²) in [5.74, 6) is 0.429. The van der Waals surface area contributed by atoms with Gasteiger partial charge in [0, 0.05) is 11.3 Å². The molecule has 1 saturated carbocycles. The zero-order valence-electron chi connectivity index (χ0n) is 15.8. The lowest BCUT2D eigenvalue weighted by molar-refractivity contribution is 0.0713. The Hall–Kier alpha value is -2.20. The van der Waals surface area contributed by atoms with Gasteiger partial charge in [-0.2, -0.15) is 0 Å². The van der Waals surface area contributed by atoms with E-state index in [1.165, 1.54) is 0 Å². The first-order valence-electron chi connectivity index (χ1n) is 9.37. The minimum atomic E-state index is -0.672. The molecule has 0 aliphatic heterocycles. The van der Waals surface area contributed by atoms with Crippen LogP contribution in [-0.2, 0) is 6.42 Å². The van der Waals surface area contributed by atoms with Gasteiger partial charge in [-0.1, -0.05) is 18.2 Å². The van der Waals surface area contributed by atoms with Gasteiger partial charge in [0.15, 0.2) is 0 Å². The lowest BCUT2D eigenvalue weighted by Gasteiger charge is -2.19. The van der Waals surface area contributed by atoms with Crippen LogP contribution in [0.25, 0.3) is 0 Å². The van der Waals surface area contributed by atoms with Gasteiger partial charge in [0.25, 0.3) is 5.91 Å². The average molecular weight is 352 g/mol. The second-order valence-corrected chi connectivity index (χ2v) is 8.00. The van der Waals surface area contributed by atoms with Gasteiger partial charge < -0.3 is 10.4 Å². The molecule has 26 heavy (non-hydrogen) atoms.